The first-order valence-electron chi connectivity index (χ1n) is 7.99. The molecule has 0 unspecified atom stereocenters. The van der Waals surface area contributed by atoms with Crippen molar-refractivity contribution in [1.82, 2.24) is 0 Å². The second-order valence-corrected chi connectivity index (χ2v) is 5.91. The van der Waals surface area contributed by atoms with Gasteiger partial charge in [0.2, 0.25) is 0 Å². The minimum atomic E-state index is 0.648. The van der Waals surface area contributed by atoms with Gasteiger partial charge in [-0.1, -0.05) is 6.08 Å². The van der Waals surface area contributed by atoms with E-state index in [9.17, 15) is 0 Å². The van der Waals surface area contributed by atoms with Crippen molar-refractivity contribution in [3.8, 4) is 17.2 Å². The summed E-state index contributed by atoms with van der Waals surface area (Å²) in [6, 6.07) is 8.15. The Kier molecular flexibility index (Phi) is 4.38. The Labute approximate surface area is 142 Å². The second kappa shape index (κ2) is 6.48. The molecule has 1 aliphatic rings. The van der Waals surface area contributed by atoms with E-state index in [1.807, 2.05) is 19.1 Å². The SMILES string of the molecule is COc1cc2c(cc1N)C(c1cc(OC)c(C)c(OC)c1)=CCC2. The van der Waals surface area contributed by atoms with Gasteiger partial charge in [0.1, 0.15) is 17.2 Å². The van der Waals surface area contributed by atoms with Crippen LogP contribution in [0.2, 0.25) is 0 Å². The second-order valence-electron chi connectivity index (χ2n) is 5.91. The molecular weight excluding hydrogens is 302 g/mol. The predicted octanol–water partition coefficient (Wildman–Crippen LogP) is 3.98. The Morgan fingerprint density at radius 3 is 2.08 bits per heavy atom. The average molecular weight is 325 g/mol. The quantitative estimate of drug-likeness (QED) is 0.864. The van der Waals surface area contributed by atoms with Gasteiger partial charge in [0.05, 0.1) is 27.0 Å². The number of anilines is 1. The van der Waals surface area contributed by atoms with Crippen LogP contribution in [-0.4, -0.2) is 21.3 Å². The third-order valence-corrected chi connectivity index (χ3v) is 4.57. The first-order valence-corrected chi connectivity index (χ1v) is 7.99. The minimum Gasteiger partial charge on any atom is -0.496 e. The Balaban J connectivity index is 2.15. The fourth-order valence-corrected chi connectivity index (χ4v) is 3.27. The van der Waals surface area contributed by atoms with E-state index in [0.29, 0.717) is 5.69 Å². The molecule has 4 nitrogen and oxygen atoms in total. The molecule has 2 aromatic rings. The van der Waals surface area contributed by atoms with Gasteiger partial charge in [-0.15, -0.1) is 0 Å². The molecule has 0 aliphatic heterocycles. The molecule has 4 heteroatoms. The van der Waals surface area contributed by atoms with Crippen molar-refractivity contribution in [2.24, 2.45) is 0 Å². The lowest BCUT2D eigenvalue weighted by Crippen LogP contribution is -2.05. The highest BCUT2D eigenvalue weighted by atomic mass is 16.5. The monoisotopic (exact) mass is 325 g/mol. The summed E-state index contributed by atoms with van der Waals surface area (Å²) in [5.41, 5.74) is 12.4. The van der Waals surface area contributed by atoms with Gasteiger partial charge in [-0.2, -0.15) is 0 Å². The van der Waals surface area contributed by atoms with Gasteiger partial charge in [0.25, 0.3) is 0 Å². The zero-order chi connectivity index (χ0) is 17.3. The Morgan fingerprint density at radius 1 is 0.875 bits per heavy atom. The molecule has 2 N–H and O–H groups in total. The molecule has 3 rings (SSSR count). The molecule has 0 amide bonds. The number of ether oxygens (including phenoxy) is 3. The number of nitrogen functional groups attached to an aromatic ring is 1. The van der Waals surface area contributed by atoms with E-state index in [2.05, 4.69) is 18.2 Å². The number of hydrogen-bond donors (Lipinski definition) is 1. The fraction of sp³-hybridized carbons (Fsp3) is 0.300. The summed E-state index contributed by atoms with van der Waals surface area (Å²) >= 11 is 0. The Bertz CT molecular complexity index is 784. The minimum absolute atomic E-state index is 0.648. The molecule has 0 spiro atoms. The lowest BCUT2D eigenvalue weighted by atomic mass is 9.86. The standard InChI is InChI=1S/C20H23NO3/c1-12-18(22-2)9-14(10-19(12)23-3)15-7-5-6-13-8-20(24-4)17(21)11-16(13)15/h7-11H,5-6,21H2,1-4H3. The topological polar surface area (TPSA) is 53.7 Å². The van der Waals surface area contributed by atoms with Gasteiger partial charge in [-0.05, 0) is 66.3 Å². The van der Waals surface area contributed by atoms with Gasteiger partial charge in [0.15, 0.2) is 0 Å². The summed E-state index contributed by atoms with van der Waals surface area (Å²) in [7, 11) is 5.00. The van der Waals surface area contributed by atoms with Crippen LogP contribution >= 0.6 is 0 Å². The molecular formula is C20H23NO3. The normalized spacial score (nSPS) is 13.1. The third-order valence-electron chi connectivity index (χ3n) is 4.57. The van der Waals surface area contributed by atoms with Crippen molar-refractivity contribution in [1.29, 1.82) is 0 Å². The van der Waals surface area contributed by atoms with Crippen LogP contribution in [0.5, 0.6) is 17.2 Å². The van der Waals surface area contributed by atoms with Crippen LogP contribution in [0.4, 0.5) is 5.69 Å². The van der Waals surface area contributed by atoms with Crippen molar-refractivity contribution >= 4 is 11.3 Å². The maximum absolute atomic E-state index is 6.13. The van der Waals surface area contributed by atoms with Crippen molar-refractivity contribution in [3.63, 3.8) is 0 Å². The van der Waals surface area contributed by atoms with Gasteiger partial charge >= 0.3 is 0 Å². The first-order chi connectivity index (χ1) is 11.6. The molecule has 0 heterocycles. The van der Waals surface area contributed by atoms with E-state index in [0.717, 1.165) is 52.4 Å². The maximum atomic E-state index is 6.13. The van der Waals surface area contributed by atoms with Crippen molar-refractivity contribution in [3.05, 3.63) is 52.6 Å². The molecule has 0 saturated heterocycles. The van der Waals surface area contributed by atoms with Crippen molar-refractivity contribution in [2.45, 2.75) is 19.8 Å². The molecule has 0 saturated carbocycles. The summed E-state index contributed by atoms with van der Waals surface area (Å²) in [4.78, 5) is 0. The van der Waals surface area contributed by atoms with Gasteiger partial charge in [0, 0.05) is 5.56 Å². The summed E-state index contributed by atoms with van der Waals surface area (Å²) in [6.45, 7) is 1.99. The fourth-order valence-electron chi connectivity index (χ4n) is 3.27. The van der Waals surface area contributed by atoms with E-state index in [1.54, 1.807) is 21.3 Å². The largest absolute Gasteiger partial charge is 0.496 e. The zero-order valence-corrected chi connectivity index (χ0v) is 14.6. The molecule has 0 atom stereocenters. The van der Waals surface area contributed by atoms with Gasteiger partial charge < -0.3 is 19.9 Å². The van der Waals surface area contributed by atoms with Crippen LogP contribution in [0, 0.1) is 6.92 Å². The zero-order valence-electron chi connectivity index (χ0n) is 14.6. The summed E-state index contributed by atoms with van der Waals surface area (Å²) < 4.78 is 16.4. The number of hydrogen-bond acceptors (Lipinski definition) is 4. The number of rotatable bonds is 4. The molecule has 0 aromatic heterocycles. The number of aryl methyl sites for hydroxylation is 1. The Hall–Kier alpha value is -2.62. The molecule has 0 fully saturated rings. The van der Waals surface area contributed by atoms with Gasteiger partial charge in [-0.3, -0.25) is 0 Å². The van der Waals surface area contributed by atoms with E-state index < -0.39 is 0 Å². The van der Waals surface area contributed by atoms with Crippen LogP contribution in [0.15, 0.2) is 30.3 Å². The lowest BCUT2D eigenvalue weighted by Gasteiger charge is -2.21. The maximum Gasteiger partial charge on any atom is 0.142 e. The molecule has 1 aliphatic carbocycles. The van der Waals surface area contributed by atoms with Crippen LogP contribution in [0.25, 0.3) is 5.57 Å². The Morgan fingerprint density at radius 2 is 1.50 bits per heavy atom. The summed E-state index contributed by atoms with van der Waals surface area (Å²) in [5.74, 6) is 2.37. The highest BCUT2D eigenvalue weighted by Crippen LogP contribution is 2.40. The molecule has 2 aromatic carbocycles. The van der Waals surface area contributed by atoms with Crippen molar-refractivity contribution < 1.29 is 14.2 Å². The number of nitrogens with two attached hydrogens (primary N) is 1. The molecule has 24 heavy (non-hydrogen) atoms. The van der Waals surface area contributed by atoms with Crippen LogP contribution in [0.1, 0.15) is 28.7 Å². The highest BCUT2D eigenvalue weighted by molar-refractivity contribution is 5.86. The third kappa shape index (κ3) is 2.68. The van der Waals surface area contributed by atoms with Crippen LogP contribution in [0.3, 0.4) is 0 Å². The van der Waals surface area contributed by atoms with Gasteiger partial charge in [-0.25, -0.2) is 0 Å². The van der Waals surface area contributed by atoms with E-state index in [4.69, 9.17) is 19.9 Å². The number of fused-ring (bicyclic) bond motifs is 1. The highest BCUT2D eigenvalue weighted by Gasteiger charge is 2.19. The summed E-state index contributed by atoms with van der Waals surface area (Å²) in [5, 5.41) is 0. The summed E-state index contributed by atoms with van der Waals surface area (Å²) in [6.07, 6.45) is 4.21. The van der Waals surface area contributed by atoms with E-state index >= 15 is 0 Å². The average Bonchev–Trinajstić information content (AvgIpc) is 2.61. The van der Waals surface area contributed by atoms with E-state index in [1.165, 1.54) is 5.56 Å². The van der Waals surface area contributed by atoms with Crippen LogP contribution < -0.4 is 19.9 Å². The number of allylic oxidation sites excluding steroid dienone is 1. The first kappa shape index (κ1) is 16.2. The smallest absolute Gasteiger partial charge is 0.142 e. The molecule has 0 bridgehead atoms. The number of benzene rings is 2. The van der Waals surface area contributed by atoms with Crippen LogP contribution in [-0.2, 0) is 6.42 Å². The van der Waals surface area contributed by atoms with Crippen molar-refractivity contribution in [2.75, 3.05) is 27.1 Å². The predicted molar refractivity (Wildman–Crippen MR) is 97.1 cm³/mol. The molecule has 126 valence electrons. The lowest BCUT2D eigenvalue weighted by molar-refractivity contribution is 0.388. The van der Waals surface area contributed by atoms with E-state index in [-0.39, 0.29) is 0 Å². The number of methoxy groups -OCH3 is 3. The molecule has 0 radical (unpaired) electrons.